The van der Waals surface area contributed by atoms with Crippen molar-refractivity contribution >= 4 is 45.4 Å². The first kappa shape index (κ1) is 36.8. The molecule has 0 spiro atoms. The lowest BCUT2D eigenvalue weighted by molar-refractivity contribution is -0.192. The molecule has 2 fully saturated rings. The van der Waals surface area contributed by atoms with Crippen LogP contribution in [0.1, 0.15) is 37.7 Å². The number of carboxylic acids is 1. The highest BCUT2D eigenvalue weighted by Crippen LogP contribution is 2.30. The topological polar surface area (TPSA) is 149 Å². The Morgan fingerprint density at radius 1 is 0.978 bits per heavy atom. The summed E-state index contributed by atoms with van der Waals surface area (Å²) < 4.78 is 38.0. The molecule has 1 saturated heterocycles. The van der Waals surface area contributed by atoms with Gasteiger partial charge in [-0.3, -0.25) is 14.5 Å². The lowest BCUT2D eigenvalue weighted by Crippen LogP contribution is -2.61. The van der Waals surface area contributed by atoms with Crippen LogP contribution in [-0.2, 0) is 25.5 Å². The molecule has 0 aromatic heterocycles. The Labute approximate surface area is 273 Å². The van der Waals surface area contributed by atoms with Crippen molar-refractivity contribution in [3.8, 4) is 0 Å². The second kappa shape index (κ2) is 17.9. The number of urea groups is 1. The third kappa shape index (κ3) is 12.2. The van der Waals surface area contributed by atoms with Gasteiger partial charge in [0.2, 0.25) is 11.8 Å². The van der Waals surface area contributed by atoms with Crippen LogP contribution in [0.4, 0.5) is 23.7 Å². The minimum absolute atomic E-state index is 0.221. The smallest absolute Gasteiger partial charge is 0.475 e. The number of carbonyl (C=O) groups excluding carboxylic acids is 3. The van der Waals surface area contributed by atoms with Crippen molar-refractivity contribution in [2.75, 3.05) is 44.7 Å². The van der Waals surface area contributed by atoms with Crippen LogP contribution in [0, 0.1) is 0 Å². The van der Waals surface area contributed by atoms with Crippen LogP contribution in [0.2, 0.25) is 0 Å². The number of carboxylic acid groups (broad SMARTS) is 1. The summed E-state index contributed by atoms with van der Waals surface area (Å²) in [5.41, 5.74) is 0.515. The number of hydrogen-bond acceptors (Lipinski definition) is 6. The monoisotopic (exact) mass is 713 g/mol. The average molecular weight is 715 g/mol. The normalized spacial score (nSPS) is 16.7. The Morgan fingerprint density at radius 3 is 2.17 bits per heavy atom. The summed E-state index contributed by atoms with van der Waals surface area (Å²) in [5, 5.41) is 18.9. The van der Waals surface area contributed by atoms with E-state index < -0.39 is 29.8 Å². The highest BCUT2D eigenvalue weighted by atomic mass is 79.9. The Hall–Kier alpha value is -3.69. The number of benzene rings is 2. The van der Waals surface area contributed by atoms with Crippen LogP contribution in [0.3, 0.4) is 0 Å². The van der Waals surface area contributed by atoms with E-state index in [4.69, 9.17) is 14.6 Å². The Bertz CT molecular complexity index is 1290. The maximum atomic E-state index is 13.7. The van der Waals surface area contributed by atoms with Gasteiger partial charge in [0.1, 0.15) is 11.6 Å². The minimum atomic E-state index is -5.08. The van der Waals surface area contributed by atoms with Crippen LogP contribution in [-0.4, -0.2) is 91.0 Å². The Kier molecular flexibility index (Phi) is 14.3. The zero-order valence-electron chi connectivity index (χ0n) is 25.2. The molecule has 0 radical (unpaired) electrons. The fraction of sp³-hybridized carbons (Fsp3) is 0.484. The summed E-state index contributed by atoms with van der Waals surface area (Å²) in [4.78, 5) is 51.1. The van der Waals surface area contributed by atoms with Crippen molar-refractivity contribution < 1.29 is 42.2 Å². The fourth-order valence-corrected chi connectivity index (χ4v) is 5.38. The molecule has 2 aliphatic rings. The molecule has 4 amide bonds. The summed E-state index contributed by atoms with van der Waals surface area (Å²) >= 11 is 3.39. The van der Waals surface area contributed by atoms with Crippen LogP contribution >= 0.6 is 15.9 Å². The number of amides is 4. The molecule has 252 valence electrons. The quantitative estimate of drug-likeness (QED) is 0.221. The van der Waals surface area contributed by atoms with Crippen molar-refractivity contribution in [3.63, 3.8) is 0 Å². The summed E-state index contributed by atoms with van der Waals surface area (Å²) in [6.07, 6.45) is -1.22. The SMILES string of the molecule is O=C(Nc1ccc(Br)cc1)NC1(C(=O)N[C@H](Cc2ccccc2)C(=O)NCCCN2CCOCC2)CCCC1.O=C(O)C(F)(F)F. The molecule has 0 bridgehead atoms. The summed E-state index contributed by atoms with van der Waals surface area (Å²) in [7, 11) is 0. The molecule has 2 aromatic carbocycles. The number of morpholine rings is 1. The van der Waals surface area contributed by atoms with Gasteiger partial charge in [0.05, 0.1) is 13.2 Å². The number of ether oxygens (including phenoxy) is 1. The molecule has 0 unspecified atom stereocenters. The highest BCUT2D eigenvalue weighted by molar-refractivity contribution is 9.10. The molecular weight excluding hydrogens is 675 g/mol. The number of aliphatic carboxylic acids is 1. The molecule has 1 heterocycles. The molecule has 11 nitrogen and oxygen atoms in total. The number of alkyl halides is 3. The van der Waals surface area contributed by atoms with Gasteiger partial charge in [0.25, 0.3) is 0 Å². The number of anilines is 1. The van der Waals surface area contributed by atoms with E-state index in [2.05, 4.69) is 42.1 Å². The van der Waals surface area contributed by atoms with Crippen LogP contribution in [0.15, 0.2) is 59.1 Å². The van der Waals surface area contributed by atoms with Crippen molar-refractivity contribution in [2.45, 2.75) is 56.3 Å². The van der Waals surface area contributed by atoms with Gasteiger partial charge in [0.15, 0.2) is 0 Å². The standard InChI is InChI=1S/C29H38BrN5O4.C2HF3O2/c30-23-9-11-24(12-10-23)32-28(38)34-29(13-4-5-14-29)27(37)33-25(21-22-7-2-1-3-8-22)26(36)31-15-6-16-35-17-19-39-20-18-35;3-2(4,5)1(6)7/h1-3,7-12,25H,4-6,13-21H2,(H,31,36)(H,33,37)(H2,32,34,38);(H,6,7)/t25-;/m1./s1. The van der Waals surface area contributed by atoms with Gasteiger partial charge in [0, 0.05) is 36.2 Å². The second-order valence-corrected chi connectivity index (χ2v) is 11.9. The zero-order chi connectivity index (χ0) is 33.6. The molecular formula is C31H39BrF3N5O6. The largest absolute Gasteiger partial charge is 0.490 e. The van der Waals surface area contributed by atoms with E-state index in [1.807, 2.05) is 42.5 Å². The van der Waals surface area contributed by atoms with E-state index in [0.29, 0.717) is 31.5 Å². The van der Waals surface area contributed by atoms with Crippen LogP contribution in [0.25, 0.3) is 0 Å². The lowest BCUT2D eigenvalue weighted by atomic mass is 9.95. The van der Waals surface area contributed by atoms with Gasteiger partial charge in [-0.1, -0.05) is 59.1 Å². The summed E-state index contributed by atoms with van der Waals surface area (Å²) in [5.74, 6) is -3.30. The molecule has 15 heteroatoms. The summed E-state index contributed by atoms with van der Waals surface area (Å²) in [6, 6.07) is 15.7. The number of carbonyl (C=O) groups is 4. The third-order valence-electron chi connectivity index (χ3n) is 7.55. The summed E-state index contributed by atoms with van der Waals surface area (Å²) in [6.45, 7) is 4.72. The minimum Gasteiger partial charge on any atom is -0.475 e. The molecule has 1 atom stereocenters. The van der Waals surface area contributed by atoms with Gasteiger partial charge >= 0.3 is 18.2 Å². The van der Waals surface area contributed by atoms with Gasteiger partial charge in [-0.05, 0) is 55.6 Å². The number of nitrogens with zero attached hydrogens (tertiary/aromatic N) is 1. The van der Waals surface area contributed by atoms with Gasteiger partial charge in [-0.25, -0.2) is 9.59 Å². The predicted molar refractivity (Wildman–Crippen MR) is 168 cm³/mol. The van der Waals surface area contributed by atoms with E-state index in [-0.39, 0.29) is 11.8 Å². The van der Waals surface area contributed by atoms with Gasteiger partial charge < -0.3 is 31.1 Å². The highest BCUT2D eigenvalue weighted by Gasteiger charge is 2.44. The third-order valence-corrected chi connectivity index (χ3v) is 8.08. The molecule has 2 aromatic rings. The van der Waals surface area contributed by atoms with Crippen molar-refractivity contribution in [1.82, 2.24) is 20.9 Å². The maximum Gasteiger partial charge on any atom is 0.490 e. The van der Waals surface area contributed by atoms with E-state index in [9.17, 15) is 27.6 Å². The van der Waals surface area contributed by atoms with E-state index in [0.717, 1.165) is 62.1 Å². The van der Waals surface area contributed by atoms with Gasteiger partial charge in [-0.2, -0.15) is 13.2 Å². The first-order chi connectivity index (χ1) is 21.9. The Balaban J connectivity index is 0.000000738. The lowest BCUT2D eigenvalue weighted by Gasteiger charge is -2.31. The van der Waals surface area contributed by atoms with Crippen LogP contribution < -0.4 is 21.3 Å². The zero-order valence-corrected chi connectivity index (χ0v) is 26.8. The van der Waals surface area contributed by atoms with E-state index in [1.54, 1.807) is 12.1 Å². The number of halogens is 4. The number of hydrogen-bond donors (Lipinski definition) is 5. The number of rotatable bonds is 11. The second-order valence-electron chi connectivity index (χ2n) is 11.0. The van der Waals surface area contributed by atoms with Crippen molar-refractivity contribution in [2.24, 2.45) is 0 Å². The fourth-order valence-electron chi connectivity index (χ4n) is 5.12. The molecule has 1 saturated carbocycles. The van der Waals surface area contributed by atoms with Crippen LogP contribution in [0.5, 0.6) is 0 Å². The van der Waals surface area contributed by atoms with E-state index >= 15 is 0 Å². The molecule has 46 heavy (non-hydrogen) atoms. The number of nitrogens with one attached hydrogen (secondary N) is 4. The Morgan fingerprint density at radius 2 is 1.59 bits per heavy atom. The maximum absolute atomic E-state index is 13.7. The first-order valence-corrected chi connectivity index (χ1v) is 15.7. The molecule has 1 aliphatic heterocycles. The van der Waals surface area contributed by atoms with Crippen molar-refractivity contribution in [3.05, 3.63) is 64.6 Å². The molecule has 4 rings (SSSR count). The van der Waals surface area contributed by atoms with E-state index in [1.165, 1.54) is 0 Å². The molecule has 1 aliphatic carbocycles. The van der Waals surface area contributed by atoms with Gasteiger partial charge in [-0.15, -0.1) is 0 Å². The average Bonchev–Trinajstić information content (AvgIpc) is 3.50. The first-order valence-electron chi connectivity index (χ1n) is 15.0. The van der Waals surface area contributed by atoms with Crippen molar-refractivity contribution in [1.29, 1.82) is 0 Å². The predicted octanol–water partition coefficient (Wildman–Crippen LogP) is 4.08. The molecule has 5 N–H and O–H groups in total.